The lowest BCUT2D eigenvalue weighted by Crippen LogP contribution is -2.29. The van der Waals surface area contributed by atoms with Gasteiger partial charge in [0, 0.05) is 37.7 Å². The zero-order valence-electron chi connectivity index (χ0n) is 13.9. The smallest absolute Gasteiger partial charge is 0.175 e. The van der Waals surface area contributed by atoms with Crippen LogP contribution in [0.15, 0.2) is 47.0 Å². The Morgan fingerprint density at radius 1 is 1.12 bits per heavy atom. The molecule has 0 atom stereocenters. The topological polar surface area (TPSA) is 69.7 Å². The number of aromatic hydroxyl groups is 2. The molecule has 0 radical (unpaired) electrons. The van der Waals surface area contributed by atoms with Gasteiger partial charge in [-0.25, -0.2) is 0 Å². The Labute approximate surface area is 162 Å². The van der Waals surface area contributed by atoms with Crippen LogP contribution in [0.25, 0.3) is 11.3 Å². The Kier molecular flexibility index (Phi) is 5.41. The van der Waals surface area contributed by atoms with Crippen LogP contribution in [0, 0.1) is 0 Å². The predicted octanol–water partition coefficient (Wildman–Crippen LogP) is 4.39. The van der Waals surface area contributed by atoms with Crippen LogP contribution in [0.3, 0.4) is 0 Å². The number of phenolic OH excluding ortho intramolecular Hbond substituents is 2. The van der Waals surface area contributed by atoms with Crippen LogP contribution in [-0.4, -0.2) is 26.8 Å². The first-order chi connectivity index (χ1) is 12.1. The number of fused-ring (bicyclic) bond motifs is 1. The van der Waals surface area contributed by atoms with Crippen molar-refractivity contribution in [1.82, 2.24) is 10.1 Å². The summed E-state index contributed by atoms with van der Waals surface area (Å²) in [5, 5.41) is 24.1. The molecule has 2 N–H and O–H groups in total. The summed E-state index contributed by atoms with van der Waals surface area (Å²) in [6.45, 7) is 2.42. The number of benzene rings is 2. The minimum absolute atomic E-state index is 0. The van der Waals surface area contributed by atoms with Crippen LogP contribution in [-0.2, 0) is 19.5 Å². The summed E-state index contributed by atoms with van der Waals surface area (Å²) in [4.78, 5) is 2.32. The van der Waals surface area contributed by atoms with E-state index in [1.807, 2.05) is 18.2 Å². The van der Waals surface area contributed by atoms with E-state index >= 15 is 0 Å². The fraction of sp³-hybridized carbons (Fsp3) is 0.211. The average Bonchev–Trinajstić information content (AvgIpc) is 3.02. The maximum Gasteiger partial charge on any atom is 0.175 e. The highest BCUT2D eigenvalue weighted by Gasteiger charge is 2.26. The second-order valence-electron chi connectivity index (χ2n) is 6.20. The molecule has 2 heterocycles. The van der Waals surface area contributed by atoms with E-state index in [-0.39, 0.29) is 28.9 Å². The van der Waals surface area contributed by atoms with Crippen LogP contribution in [0.1, 0.15) is 16.8 Å². The molecule has 1 aromatic heterocycles. The third kappa shape index (κ3) is 3.51. The van der Waals surface area contributed by atoms with E-state index in [1.54, 1.807) is 0 Å². The molecule has 0 amide bonds. The quantitative estimate of drug-likeness (QED) is 0.691. The molecule has 7 heteroatoms. The van der Waals surface area contributed by atoms with Gasteiger partial charge >= 0.3 is 0 Å². The molecule has 0 spiro atoms. The Bertz CT molecular complexity index is 913. The van der Waals surface area contributed by atoms with Crippen LogP contribution in [0.5, 0.6) is 11.5 Å². The van der Waals surface area contributed by atoms with Gasteiger partial charge in [0.1, 0.15) is 11.5 Å². The van der Waals surface area contributed by atoms with Gasteiger partial charge in [-0.15, -0.1) is 12.4 Å². The lowest BCUT2D eigenvalue weighted by atomic mass is 10.0. The van der Waals surface area contributed by atoms with Crippen molar-refractivity contribution >= 4 is 24.0 Å². The van der Waals surface area contributed by atoms with Gasteiger partial charge in [0.15, 0.2) is 5.76 Å². The maximum atomic E-state index is 10.2. The molecule has 0 saturated carbocycles. The number of nitrogens with zero attached hydrogens (tertiary/aromatic N) is 2. The van der Waals surface area contributed by atoms with Gasteiger partial charge in [-0.05, 0) is 11.6 Å². The Balaban J connectivity index is 0.00000196. The molecular formula is C19H18Cl2N2O3. The van der Waals surface area contributed by atoms with E-state index in [2.05, 4.69) is 22.2 Å². The van der Waals surface area contributed by atoms with Crippen molar-refractivity contribution in [3.63, 3.8) is 0 Å². The van der Waals surface area contributed by atoms with E-state index in [9.17, 15) is 10.2 Å². The van der Waals surface area contributed by atoms with Gasteiger partial charge in [-0.3, -0.25) is 4.90 Å². The largest absolute Gasteiger partial charge is 0.507 e. The Morgan fingerprint density at radius 3 is 2.65 bits per heavy atom. The van der Waals surface area contributed by atoms with Crippen molar-refractivity contribution in [3.05, 3.63) is 64.3 Å². The van der Waals surface area contributed by atoms with E-state index in [0.29, 0.717) is 17.9 Å². The summed E-state index contributed by atoms with van der Waals surface area (Å²) < 4.78 is 5.50. The van der Waals surface area contributed by atoms with Gasteiger partial charge < -0.3 is 14.7 Å². The van der Waals surface area contributed by atoms with Crippen molar-refractivity contribution in [2.45, 2.75) is 19.5 Å². The lowest BCUT2D eigenvalue weighted by Gasteiger charge is -2.26. The van der Waals surface area contributed by atoms with Crippen molar-refractivity contribution < 1.29 is 14.7 Å². The summed E-state index contributed by atoms with van der Waals surface area (Å²) in [7, 11) is 0. The summed E-state index contributed by atoms with van der Waals surface area (Å²) in [6, 6.07) is 13.0. The van der Waals surface area contributed by atoms with Crippen LogP contribution < -0.4 is 0 Å². The summed E-state index contributed by atoms with van der Waals surface area (Å²) in [5.41, 5.74) is 3.56. The third-order valence-electron chi connectivity index (χ3n) is 4.47. The molecule has 3 aromatic rings. The second-order valence-corrected chi connectivity index (χ2v) is 6.61. The number of hydrogen-bond donors (Lipinski definition) is 2. The summed E-state index contributed by atoms with van der Waals surface area (Å²) in [5.74, 6) is 0.259. The molecule has 0 fully saturated rings. The predicted molar refractivity (Wildman–Crippen MR) is 102 cm³/mol. The molecule has 136 valence electrons. The normalized spacial score (nSPS) is 13.9. The van der Waals surface area contributed by atoms with E-state index in [0.717, 1.165) is 30.8 Å². The standard InChI is InChI=1S/C19H17ClN2O3.ClH/c20-15-8-13(17(23)9-18(15)24)19-14-11-22(7-6-16(14)21-25-19)10-12-4-2-1-3-5-12;/h1-5,8-9,23-24H,6-7,10-11H2;1H. The minimum Gasteiger partial charge on any atom is -0.507 e. The SMILES string of the molecule is Cl.Oc1cc(O)c(-c2onc3c2CN(Cc2ccccc2)CC3)cc1Cl. The number of aromatic nitrogens is 1. The molecule has 0 aliphatic carbocycles. The molecular weight excluding hydrogens is 375 g/mol. The second kappa shape index (κ2) is 7.58. The first-order valence-corrected chi connectivity index (χ1v) is 8.45. The highest BCUT2D eigenvalue weighted by atomic mass is 35.5. The van der Waals surface area contributed by atoms with Gasteiger partial charge in [0.25, 0.3) is 0 Å². The molecule has 0 unspecified atom stereocenters. The fourth-order valence-electron chi connectivity index (χ4n) is 3.19. The van der Waals surface area contributed by atoms with E-state index in [1.165, 1.54) is 17.7 Å². The minimum atomic E-state index is -0.165. The molecule has 1 aliphatic heterocycles. The molecule has 5 nitrogen and oxygen atoms in total. The summed E-state index contributed by atoms with van der Waals surface area (Å²) in [6.07, 6.45) is 0.790. The maximum absolute atomic E-state index is 10.2. The van der Waals surface area contributed by atoms with Crippen LogP contribution >= 0.6 is 24.0 Å². The van der Waals surface area contributed by atoms with E-state index < -0.39 is 0 Å². The highest BCUT2D eigenvalue weighted by Crippen LogP contribution is 2.40. The van der Waals surface area contributed by atoms with Gasteiger partial charge in [0.2, 0.25) is 0 Å². The zero-order valence-corrected chi connectivity index (χ0v) is 15.4. The molecule has 1 aliphatic rings. The third-order valence-corrected chi connectivity index (χ3v) is 4.78. The number of hydrogen-bond acceptors (Lipinski definition) is 5. The van der Waals surface area contributed by atoms with E-state index in [4.69, 9.17) is 16.1 Å². The number of phenols is 2. The fourth-order valence-corrected chi connectivity index (χ4v) is 3.35. The molecule has 2 aromatic carbocycles. The van der Waals surface area contributed by atoms with Crippen molar-refractivity contribution in [3.8, 4) is 22.8 Å². The Morgan fingerprint density at radius 2 is 1.88 bits per heavy atom. The van der Waals surface area contributed by atoms with Crippen molar-refractivity contribution in [2.75, 3.05) is 6.54 Å². The highest BCUT2D eigenvalue weighted by molar-refractivity contribution is 6.32. The van der Waals surface area contributed by atoms with Crippen molar-refractivity contribution in [1.29, 1.82) is 0 Å². The molecule has 26 heavy (non-hydrogen) atoms. The van der Waals surface area contributed by atoms with Gasteiger partial charge in [-0.1, -0.05) is 47.1 Å². The average molecular weight is 393 g/mol. The number of rotatable bonds is 3. The molecule has 0 bridgehead atoms. The number of halogens is 2. The first-order valence-electron chi connectivity index (χ1n) is 8.07. The van der Waals surface area contributed by atoms with Gasteiger partial charge in [-0.2, -0.15) is 0 Å². The lowest BCUT2D eigenvalue weighted by molar-refractivity contribution is 0.245. The summed E-state index contributed by atoms with van der Waals surface area (Å²) >= 11 is 5.99. The first kappa shape index (κ1) is 18.6. The van der Waals surface area contributed by atoms with Gasteiger partial charge in [0.05, 0.1) is 16.3 Å². The molecule has 4 rings (SSSR count). The zero-order chi connectivity index (χ0) is 17.4. The van der Waals surface area contributed by atoms with Crippen molar-refractivity contribution in [2.24, 2.45) is 0 Å². The Hall–Kier alpha value is -2.21. The van der Waals surface area contributed by atoms with Crippen LogP contribution in [0.4, 0.5) is 0 Å². The van der Waals surface area contributed by atoms with Crippen LogP contribution in [0.2, 0.25) is 5.02 Å². The monoisotopic (exact) mass is 392 g/mol. The molecule has 0 saturated heterocycles.